The molecule has 0 aromatic carbocycles. The third-order valence-electron chi connectivity index (χ3n) is 2.11. The van der Waals surface area contributed by atoms with Crippen molar-refractivity contribution in [1.29, 1.82) is 0 Å². The van der Waals surface area contributed by atoms with E-state index >= 15 is 0 Å². The van der Waals surface area contributed by atoms with Crippen molar-refractivity contribution in [3.05, 3.63) is 0 Å². The number of hydrogen-bond acceptors (Lipinski definition) is 1. The number of terminal acetylenes is 1. The largest absolute Gasteiger partial charge is 0.157 e. The Hall–Kier alpha value is -0.0900. The summed E-state index contributed by atoms with van der Waals surface area (Å²) in [7, 11) is 0. The fourth-order valence-corrected chi connectivity index (χ4v) is 2.68. The molecule has 0 radical (unpaired) electrons. The van der Waals surface area contributed by atoms with Crippen LogP contribution in [-0.4, -0.2) is 11.0 Å². The maximum absolute atomic E-state index is 5.42. The Morgan fingerprint density at radius 3 is 2.70 bits per heavy atom. The summed E-state index contributed by atoms with van der Waals surface area (Å²) in [4.78, 5) is 0. The first-order chi connectivity index (χ1) is 4.67. The molecule has 1 heteroatoms. The van der Waals surface area contributed by atoms with Crippen LogP contribution in [0.25, 0.3) is 0 Å². The zero-order chi connectivity index (χ0) is 7.61. The molecule has 56 valence electrons. The first kappa shape index (κ1) is 8.01. The molecule has 1 aliphatic heterocycles. The second-order valence-electron chi connectivity index (χ2n) is 3.37. The van der Waals surface area contributed by atoms with Gasteiger partial charge in [-0.05, 0) is 32.4 Å². The zero-order valence-electron chi connectivity index (χ0n) is 6.68. The Morgan fingerprint density at radius 1 is 1.60 bits per heavy atom. The lowest BCUT2D eigenvalue weighted by Gasteiger charge is -2.24. The van der Waals surface area contributed by atoms with Gasteiger partial charge in [-0.2, -0.15) is 11.8 Å². The summed E-state index contributed by atoms with van der Waals surface area (Å²) in [6.07, 6.45) is 8.08. The van der Waals surface area contributed by atoms with Gasteiger partial charge in [-0.15, -0.1) is 6.42 Å². The molecule has 10 heavy (non-hydrogen) atoms. The quantitative estimate of drug-likeness (QED) is 0.523. The highest BCUT2D eigenvalue weighted by molar-refractivity contribution is 8.00. The second kappa shape index (κ2) is 2.88. The minimum atomic E-state index is 0.112. The van der Waals surface area contributed by atoms with Crippen LogP contribution in [-0.2, 0) is 0 Å². The van der Waals surface area contributed by atoms with Crippen molar-refractivity contribution in [2.45, 2.75) is 31.9 Å². The Labute approximate surface area is 67.8 Å². The van der Waals surface area contributed by atoms with Crippen LogP contribution < -0.4 is 0 Å². The predicted molar refractivity (Wildman–Crippen MR) is 48.1 cm³/mol. The van der Waals surface area contributed by atoms with Gasteiger partial charge in [0.15, 0.2) is 0 Å². The Kier molecular flexibility index (Phi) is 2.31. The summed E-state index contributed by atoms with van der Waals surface area (Å²) in [6, 6.07) is 0. The van der Waals surface area contributed by atoms with Crippen LogP contribution in [0.1, 0.15) is 26.7 Å². The van der Waals surface area contributed by atoms with E-state index < -0.39 is 0 Å². The molecule has 0 aromatic heterocycles. The van der Waals surface area contributed by atoms with Crippen molar-refractivity contribution >= 4 is 11.8 Å². The number of thioether (sulfide) groups is 1. The van der Waals surface area contributed by atoms with Crippen LogP contribution in [0, 0.1) is 17.8 Å². The fraction of sp³-hybridized carbons (Fsp3) is 0.778. The van der Waals surface area contributed by atoms with Gasteiger partial charge in [-0.3, -0.25) is 0 Å². The summed E-state index contributed by atoms with van der Waals surface area (Å²) in [5, 5.41) is 0.706. The third kappa shape index (κ3) is 1.49. The maximum Gasteiger partial charge on any atom is 0.0374 e. The van der Waals surface area contributed by atoms with Gasteiger partial charge in [-0.25, -0.2) is 0 Å². The van der Waals surface area contributed by atoms with E-state index in [0.717, 1.165) is 0 Å². The van der Waals surface area contributed by atoms with Crippen molar-refractivity contribution in [3.63, 3.8) is 0 Å². The number of rotatable bonds is 1. The SMILES string of the molecule is C#CC(C)(C)C1CCCS1. The monoisotopic (exact) mass is 154 g/mol. The van der Waals surface area contributed by atoms with Gasteiger partial charge in [-0.1, -0.05) is 5.92 Å². The molecule has 0 aromatic rings. The van der Waals surface area contributed by atoms with Gasteiger partial charge >= 0.3 is 0 Å². The van der Waals surface area contributed by atoms with E-state index in [9.17, 15) is 0 Å². The standard InChI is InChI=1S/C9H14S/c1-4-9(2,3)8-6-5-7-10-8/h1,8H,5-7H2,2-3H3. The van der Waals surface area contributed by atoms with E-state index in [2.05, 4.69) is 19.8 Å². The highest BCUT2D eigenvalue weighted by Crippen LogP contribution is 2.38. The van der Waals surface area contributed by atoms with Crippen molar-refractivity contribution in [2.24, 2.45) is 5.41 Å². The Morgan fingerprint density at radius 2 is 2.30 bits per heavy atom. The molecule has 1 fully saturated rings. The molecule has 1 rings (SSSR count). The molecule has 1 atom stereocenters. The first-order valence-corrected chi connectivity index (χ1v) is 4.81. The topological polar surface area (TPSA) is 0 Å². The van der Waals surface area contributed by atoms with Crippen LogP contribution in [0.4, 0.5) is 0 Å². The summed E-state index contributed by atoms with van der Waals surface area (Å²) in [5.74, 6) is 4.16. The smallest absolute Gasteiger partial charge is 0.0374 e. The molecule has 0 amide bonds. The van der Waals surface area contributed by atoms with Gasteiger partial charge < -0.3 is 0 Å². The van der Waals surface area contributed by atoms with Crippen molar-refractivity contribution in [3.8, 4) is 12.3 Å². The second-order valence-corrected chi connectivity index (χ2v) is 4.68. The number of hydrogen-bond donors (Lipinski definition) is 0. The van der Waals surface area contributed by atoms with Crippen molar-refractivity contribution in [1.82, 2.24) is 0 Å². The van der Waals surface area contributed by atoms with E-state index in [-0.39, 0.29) is 5.41 Å². The molecule has 0 aliphatic carbocycles. The minimum Gasteiger partial charge on any atom is -0.157 e. The van der Waals surface area contributed by atoms with E-state index in [1.807, 2.05) is 11.8 Å². The van der Waals surface area contributed by atoms with Gasteiger partial charge in [0.25, 0.3) is 0 Å². The molecule has 0 saturated carbocycles. The van der Waals surface area contributed by atoms with Crippen LogP contribution in [0.15, 0.2) is 0 Å². The average Bonchev–Trinajstić information content (AvgIpc) is 2.38. The van der Waals surface area contributed by atoms with Gasteiger partial charge in [0.1, 0.15) is 0 Å². The third-order valence-corrected chi connectivity index (χ3v) is 3.86. The molecule has 1 heterocycles. The zero-order valence-corrected chi connectivity index (χ0v) is 7.50. The highest BCUT2D eigenvalue weighted by atomic mass is 32.2. The van der Waals surface area contributed by atoms with Crippen LogP contribution >= 0.6 is 11.8 Å². The Balaban J connectivity index is 2.56. The molecule has 0 N–H and O–H groups in total. The lowest BCUT2D eigenvalue weighted by molar-refractivity contribution is 0.466. The molecule has 1 saturated heterocycles. The maximum atomic E-state index is 5.42. The lowest BCUT2D eigenvalue weighted by atomic mass is 9.88. The molecule has 0 bridgehead atoms. The van der Waals surface area contributed by atoms with Gasteiger partial charge in [0.05, 0.1) is 0 Å². The van der Waals surface area contributed by atoms with Crippen LogP contribution in [0.2, 0.25) is 0 Å². The van der Waals surface area contributed by atoms with Gasteiger partial charge in [0, 0.05) is 10.7 Å². The fourth-order valence-electron chi connectivity index (χ4n) is 1.24. The summed E-state index contributed by atoms with van der Waals surface area (Å²) < 4.78 is 0. The molecule has 1 aliphatic rings. The summed E-state index contributed by atoms with van der Waals surface area (Å²) in [5.41, 5.74) is 0.112. The van der Waals surface area contributed by atoms with Crippen LogP contribution in [0.5, 0.6) is 0 Å². The van der Waals surface area contributed by atoms with Crippen molar-refractivity contribution in [2.75, 3.05) is 5.75 Å². The predicted octanol–water partition coefficient (Wildman–Crippen LogP) is 2.54. The molecule has 1 unspecified atom stereocenters. The van der Waals surface area contributed by atoms with Gasteiger partial charge in [0.2, 0.25) is 0 Å². The van der Waals surface area contributed by atoms with E-state index in [1.54, 1.807) is 0 Å². The van der Waals surface area contributed by atoms with E-state index in [0.29, 0.717) is 5.25 Å². The summed E-state index contributed by atoms with van der Waals surface area (Å²) in [6.45, 7) is 4.33. The normalized spacial score (nSPS) is 26.3. The van der Waals surface area contributed by atoms with E-state index in [4.69, 9.17) is 6.42 Å². The van der Waals surface area contributed by atoms with Crippen molar-refractivity contribution < 1.29 is 0 Å². The Bertz CT molecular complexity index is 147. The minimum absolute atomic E-state index is 0.112. The molecular weight excluding hydrogens is 140 g/mol. The first-order valence-electron chi connectivity index (χ1n) is 3.76. The summed E-state index contributed by atoms with van der Waals surface area (Å²) >= 11 is 2.03. The van der Waals surface area contributed by atoms with E-state index in [1.165, 1.54) is 18.6 Å². The molecule has 0 spiro atoms. The average molecular weight is 154 g/mol. The molecular formula is C9H14S. The highest BCUT2D eigenvalue weighted by Gasteiger charge is 2.30. The lowest BCUT2D eigenvalue weighted by Crippen LogP contribution is -2.21. The molecule has 0 nitrogen and oxygen atoms in total. The van der Waals surface area contributed by atoms with Crippen LogP contribution in [0.3, 0.4) is 0 Å².